The summed E-state index contributed by atoms with van der Waals surface area (Å²) in [4.78, 5) is 15.6. The van der Waals surface area contributed by atoms with Crippen LogP contribution in [0.4, 0.5) is 10.1 Å². The summed E-state index contributed by atoms with van der Waals surface area (Å²) in [6, 6.07) is 6.06. The second-order valence-corrected chi connectivity index (χ2v) is 4.30. The normalized spacial score (nSPS) is 10.6. The second-order valence-electron chi connectivity index (χ2n) is 4.30. The summed E-state index contributed by atoms with van der Waals surface area (Å²) in [7, 11) is 0. The first-order valence-electron chi connectivity index (χ1n) is 5.56. The van der Waals surface area contributed by atoms with E-state index in [2.05, 4.69) is 4.98 Å². The number of hydrogen-bond acceptors (Lipinski definition) is 3. The van der Waals surface area contributed by atoms with E-state index < -0.39 is 5.82 Å². The lowest BCUT2D eigenvalue weighted by Crippen LogP contribution is -2.26. The number of nitrogen functional groups attached to an aromatic ring is 1. The van der Waals surface area contributed by atoms with Crippen molar-refractivity contribution >= 4 is 5.69 Å². The number of halogens is 1. The molecule has 0 aliphatic carbocycles. The van der Waals surface area contributed by atoms with Crippen molar-refractivity contribution in [3.05, 3.63) is 57.5 Å². The summed E-state index contributed by atoms with van der Waals surface area (Å²) < 4.78 is 14.7. The molecule has 94 valence electrons. The van der Waals surface area contributed by atoms with Crippen LogP contribution in [-0.4, -0.2) is 9.55 Å². The third-order valence-corrected chi connectivity index (χ3v) is 2.67. The summed E-state index contributed by atoms with van der Waals surface area (Å²) in [6.45, 7) is 3.84. The highest BCUT2D eigenvalue weighted by Crippen LogP contribution is 2.12. The molecule has 18 heavy (non-hydrogen) atoms. The van der Waals surface area contributed by atoms with Gasteiger partial charge in [0.1, 0.15) is 5.82 Å². The largest absolute Gasteiger partial charge is 0.399 e. The van der Waals surface area contributed by atoms with Crippen LogP contribution in [0.2, 0.25) is 0 Å². The second kappa shape index (κ2) is 4.60. The maximum atomic E-state index is 13.2. The fourth-order valence-corrected chi connectivity index (χ4v) is 1.92. The third-order valence-electron chi connectivity index (χ3n) is 2.67. The molecule has 1 aromatic carbocycles. The van der Waals surface area contributed by atoms with Crippen molar-refractivity contribution in [3.63, 3.8) is 0 Å². The molecule has 0 aliphatic heterocycles. The maximum Gasteiger partial charge on any atom is 0.348 e. The Kier molecular flexibility index (Phi) is 3.14. The van der Waals surface area contributed by atoms with E-state index in [1.165, 1.54) is 16.7 Å². The quantitative estimate of drug-likeness (QED) is 0.820. The maximum absolute atomic E-state index is 13.2. The molecule has 4 nitrogen and oxygen atoms in total. The first kappa shape index (κ1) is 12.3. The van der Waals surface area contributed by atoms with E-state index in [0.29, 0.717) is 16.9 Å². The van der Waals surface area contributed by atoms with Crippen LogP contribution in [0.1, 0.15) is 17.0 Å². The molecule has 0 fully saturated rings. The Morgan fingerprint density at radius 3 is 2.61 bits per heavy atom. The molecule has 2 N–H and O–H groups in total. The Morgan fingerprint density at radius 2 is 2.00 bits per heavy atom. The molecule has 2 rings (SSSR count). The molecule has 5 heteroatoms. The van der Waals surface area contributed by atoms with E-state index in [1.54, 1.807) is 13.0 Å². The van der Waals surface area contributed by atoms with Gasteiger partial charge >= 0.3 is 5.69 Å². The van der Waals surface area contributed by atoms with Crippen molar-refractivity contribution in [3.8, 4) is 0 Å². The number of anilines is 1. The third kappa shape index (κ3) is 2.56. The average Bonchev–Trinajstić information content (AvgIpc) is 2.22. The molecule has 0 saturated carbocycles. The number of aryl methyl sites for hydroxylation is 2. The Bertz CT molecular complexity index is 629. The number of nitrogens with two attached hydrogens (primary N) is 1. The lowest BCUT2D eigenvalue weighted by Gasteiger charge is -2.10. The molecule has 0 atom stereocenters. The molecule has 0 saturated heterocycles. The molecule has 0 bridgehead atoms. The summed E-state index contributed by atoms with van der Waals surface area (Å²) in [5.74, 6) is -0.407. The van der Waals surface area contributed by atoms with Gasteiger partial charge in [0.2, 0.25) is 0 Å². The molecule has 0 amide bonds. The van der Waals surface area contributed by atoms with E-state index >= 15 is 0 Å². The van der Waals surface area contributed by atoms with Crippen molar-refractivity contribution in [1.29, 1.82) is 0 Å². The average molecular weight is 247 g/mol. The molecular formula is C13H14FN3O. The number of nitrogens with zero attached hydrogens (tertiary/aromatic N) is 2. The van der Waals surface area contributed by atoms with Crippen molar-refractivity contribution in [2.75, 3.05) is 5.73 Å². The van der Waals surface area contributed by atoms with E-state index in [1.807, 2.05) is 13.0 Å². The van der Waals surface area contributed by atoms with Crippen LogP contribution < -0.4 is 11.4 Å². The zero-order valence-corrected chi connectivity index (χ0v) is 10.3. The fraction of sp³-hybridized carbons (Fsp3) is 0.231. The Labute approximate surface area is 104 Å². The summed E-state index contributed by atoms with van der Waals surface area (Å²) in [5, 5.41) is 0. The van der Waals surface area contributed by atoms with Gasteiger partial charge in [-0.25, -0.2) is 9.18 Å². The predicted octanol–water partition coefficient (Wildman–Crippen LogP) is 1.63. The minimum Gasteiger partial charge on any atom is -0.399 e. The van der Waals surface area contributed by atoms with Gasteiger partial charge in [-0.3, -0.25) is 4.57 Å². The Hall–Kier alpha value is -2.17. The first-order valence-corrected chi connectivity index (χ1v) is 5.56. The van der Waals surface area contributed by atoms with Gasteiger partial charge in [-0.05, 0) is 43.7 Å². The van der Waals surface area contributed by atoms with Crippen LogP contribution in [0.5, 0.6) is 0 Å². The number of benzene rings is 1. The smallest absolute Gasteiger partial charge is 0.348 e. The van der Waals surface area contributed by atoms with Crippen molar-refractivity contribution in [2.24, 2.45) is 0 Å². The molecule has 0 unspecified atom stereocenters. The predicted molar refractivity (Wildman–Crippen MR) is 67.9 cm³/mol. The number of hydrogen-bond donors (Lipinski definition) is 1. The van der Waals surface area contributed by atoms with Gasteiger partial charge in [-0.15, -0.1) is 0 Å². The van der Waals surface area contributed by atoms with Crippen molar-refractivity contribution in [2.45, 2.75) is 20.4 Å². The SMILES string of the molecule is Cc1cc(C)n(Cc2cc(N)cc(F)c2)c(=O)n1. The monoisotopic (exact) mass is 247 g/mol. The molecule has 1 aromatic heterocycles. The minimum absolute atomic E-state index is 0.264. The van der Waals surface area contributed by atoms with Crippen LogP contribution in [0.3, 0.4) is 0 Å². The van der Waals surface area contributed by atoms with Crippen molar-refractivity contribution < 1.29 is 4.39 Å². The van der Waals surface area contributed by atoms with Gasteiger partial charge in [0.05, 0.1) is 6.54 Å². The van der Waals surface area contributed by atoms with Gasteiger partial charge in [0.25, 0.3) is 0 Å². The standard InChI is InChI=1S/C13H14FN3O/c1-8-3-9(2)17(13(18)16-8)7-10-4-11(14)6-12(15)5-10/h3-6H,7,15H2,1-2H3. The van der Waals surface area contributed by atoms with E-state index in [-0.39, 0.29) is 12.2 Å². The Morgan fingerprint density at radius 1 is 1.28 bits per heavy atom. The zero-order chi connectivity index (χ0) is 13.3. The van der Waals surface area contributed by atoms with Gasteiger partial charge in [-0.2, -0.15) is 4.98 Å². The van der Waals surface area contributed by atoms with E-state index in [9.17, 15) is 9.18 Å². The van der Waals surface area contributed by atoms with Crippen LogP contribution in [-0.2, 0) is 6.54 Å². The highest BCUT2D eigenvalue weighted by atomic mass is 19.1. The molecule has 1 heterocycles. The van der Waals surface area contributed by atoms with Crippen molar-refractivity contribution in [1.82, 2.24) is 9.55 Å². The van der Waals surface area contributed by atoms with Gasteiger partial charge in [0, 0.05) is 17.1 Å². The topological polar surface area (TPSA) is 60.9 Å². The molecule has 0 radical (unpaired) electrons. The van der Waals surface area contributed by atoms with Crippen LogP contribution >= 0.6 is 0 Å². The molecular weight excluding hydrogens is 233 g/mol. The highest BCUT2D eigenvalue weighted by Gasteiger charge is 2.05. The van der Waals surface area contributed by atoms with Crippen LogP contribution in [0, 0.1) is 19.7 Å². The highest BCUT2D eigenvalue weighted by molar-refractivity contribution is 5.41. The summed E-state index contributed by atoms with van der Waals surface area (Å²) in [5.41, 5.74) is 7.68. The van der Waals surface area contributed by atoms with E-state index in [4.69, 9.17) is 5.73 Å². The molecule has 0 aliphatic rings. The van der Waals surface area contributed by atoms with Crippen LogP contribution in [0.25, 0.3) is 0 Å². The number of aromatic nitrogens is 2. The fourth-order valence-electron chi connectivity index (χ4n) is 1.92. The van der Waals surface area contributed by atoms with Gasteiger partial charge < -0.3 is 5.73 Å². The lowest BCUT2D eigenvalue weighted by molar-refractivity contribution is 0.621. The number of rotatable bonds is 2. The van der Waals surface area contributed by atoms with Crippen LogP contribution in [0.15, 0.2) is 29.1 Å². The first-order chi connectivity index (χ1) is 8.45. The minimum atomic E-state index is -0.407. The summed E-state index contributed by atoms with van der Waals surface area (Å²) in [6.07, 6.45) is 0. The zero-order valence-electron chi connectivity index (χ0n) is 10.3. The lowest BCUT2D eigenvalue weighted by atomic mass is 10.2. The molecule has 0 spiro atoms. The summed E-state index contributed by atoms with van der Waals surface area (Å²) >= 11 is 0. The molecule has 2 aromatic rings. The van der Waals surface area contributed by atoms with Gasteiger partial charge in [0.15, 0.2) is 0 Å². The van der Waals surface area contributed by atoms with Gasteiger partial charge in [-0.1, -0.05) is 0 Å². The van der Waals surface area contributed by atoms with E-state index in [0.717, 1.165) is 5.69 Å². The Balaban J connectivity index is 2.43.